The van der Waals surface area contributed by atoms with Gasteiger partial charge in [0.1, 0.15) is 12.2 Å². The first kappa shape index (κ1) is 17.6. The second-order valence-corrected chi connectivity index (χ2v) is 8.30. The van der Waals surface area contributed by atoms with Gasteiger partial charge in [-0.05, 0) is 38.3 Å². The number of hydrogen-bond donors (Lipinski definition) is 1. The van der Waals surface area contributed by atoms with Crippen molar-refractivity contribution in [1.82, 2.24) is 30.0 Å². The van der Waals surface area contributed by atoms with Crippen LogP contribution >= 0.6 is 0 Å². The highest BCUT2D eigenvalue weighted by Crippen LogP contribution is 2.48. The van der Waals surface area contributed by atoms with Crippen molar-refractivity contribution in [2.24, 2.45) is 11.3 Å². The fourth-order valence-corrected chi connectivity index (χ4v) is 4.77. The topological polar surface area (TPSA) is 85.2 Å². The van der Waals surface area contributed by atoms with Gasteiger partial charge in [-0.3, -0.25) is 9.69 Å². The summed E-state index contributed by atoms with van der Waals surface area (Å²) in [5.41, 5.74) is 1.10. The summed E-state index contributed by atoms with van der Waals surface area (Å²) in [4.78, 5) is 23.9. The average molecular weight is 382 g/mol. The van der Waals surface area contributed by atoms with Crippen molar-refractivity contribution in [3.05, 3.63) is 36.0 Å². The number of nitrogens with zero attached hydrogens (tertiary/aromatic N) is 5. The van der Waals surface area contributed by atoms with E-state index in [1.807, 2.05) is 10.7 Å². The molecule has 8 heteroatoms. The summed E-state index contributed by atoms with van der Waals surface area (Å²) < 4.78 is 7.37. The fraction of sp³-hybridized carbons (Fsp3) is 0.600. The predicted octanol–water partition coefficient (Wildman–Crippen LogP) is 1.54. The molecule has 2 aromatic rings. The molecule has 1 amide bonds. The lowest BCUT2D eigenvalue weighted by Gasteiger charge is -2.41. The van der Waals surface area contributed by atoms with Gasteiger partial charge >= 0.3 is 0 Å². The second-order valence-electron chi connectivity index (χ2n) is 8.30. The number of ether oxygens (including phenoxy) is 1. The molecule has 2 atom stereocenters. The number of nitrogens with one attached hydrogen (secondary N) is 1. The van der Waals surface area contributed by atoms with E-state index in [4.69, 9.17) is 4.74 Å². The number of rotatable bonds is 5. The summed E-state index contributed by atoms with van der Waals surface area (Å²) in [7, 11) is 1.66. The predicted molar refractivity (Wildman–Crippen MR) is 101 cm³/mol. The maximum atomic E-state index is 12.6. The molecule has 2 fully saturated rings. The lowest BCUT2D eigenvalue weighted by molar-refractivity contribution is -0.124. The summed E-state index contributed by atoms with van der Waals surface area (Å²) in [6, 6.07) is 3.95. The zero-order chi connectivity index (χ0) is 19.1. The maximum absolute atomic E-state index is 12.6. The van der Waals surface area contributed by atoms with E-state index in [-0.39, 0.29) is 23.3 Å². The molecule has 1 spiro atoms. The highest BCUT2D eigenvalue weighted by atomic mass is 16.5. The molecule has 1 aliphatic carbocycles. The number of hydrogen-bond acceptors (Lipinski definition) is 6. The number of likely N-dealkylation sites (tertiary alicyclic amines) is 1. The van der Waals surface area contributed by atoms with E-state index in [1.54, 1.807) is 19.6 Å². The van der Waals surface area contributed by atoms with E-state index in [0.29, 0.717) is 5.88 Å². The van der Waals surface area contributed by atoms with Crippen LogP contribution in [-0.2, 0) is 17.9 Å². The third kappa shape index (κ3) is 3.05. The Balaban J connectivity index is 1.38. The molecule has 0 bridgehead atoms. The van der Waals surface area contributed by atoms with Gasteiger partial charge in [0, 0.05) is 42.7 Å². The minimum absolute atomic E-state index is 0.00300. The Morgan fingerprint density at radius 3 is 3.00 bits per heavy atom. The van der Waals surface area contributed by atoms with E-state index >= 15 is 0 Å². The van der Waals surface area contributed by atoms with Gasteiger partial charge in [-0.1, -0.05) is 6.07 Å². The smallest absolute Gasteiger partial charge is 0.223 e. The summed E-state index contributed by atoms with van der Waals surface area (Å²) in [6.07, 6.45) is 7.41. The minimum atomic E-state index is -0.0716. The van der Waals surface area contributed by atoms with Crippen LogP contribution in [0.3, 0.4) is 0 Å². The van der Waals surface area contributed by atoms with Crippen LogP contribution in [0.5, 0.6) is 5.88 Å². The number of fused-ring (bicyclic) bond motifs is 1. The van der Waals surface area contributed by atoms with E-state index in [1.165, 1.54) is 0 Å². The molecule has 2 aliphatic heterocycles. The van der Waals surface area contributed by atoms with Crippen molar-refractivity contribution in [2.75, 3.05) is 20.2 Å². The molecule has 1 N–H and O–H groups in total. The van der Waals surface area contributed by atoms with Gasteiger partial charge in [0.25, 0.3) is 0 Å². The summed E-state index contributed by atoms with van der Waals surface area (Å²) >= 11 is 0. The third-order valence-electron chi connectivity index (χ3n) is 6.47. The lowest BCUT2D eigenvalue weighted by Crippen LogP contribution is -2.48. The Morgan fingerprint density at radius 1 is 1.32 bits per heavy atom. The summed E-state index contributed by atoms with van der Waals surface area (Å²) in [5.74, 6) is 1.95. The quantitative estimate of drug-likeness (QED) is 0.844. The molecule has 2 aromatic heterocycles. The maximum Gasteiger partial charge on any atom is 0.223 e. The highest BCUT2D eigenvalue weighted by Gasteiger charge is 2.50. The summed E-state index contributed by atoms with van der Waals surface area (Å²) in [5, 5.41) is 7.69. The molecule has 5 rings (SSSR count). The molecule has 28 heavy (non-hydrogen) atoms. The van der Waals surface area contributed by atoms with Gasteiger partial charge in [-0.15, -0.1) is 0 Å². The van der Waals surface area contributed by atoms with E-state index < -0.39 is 0 Å². The van der Waals surface area contributed by atoms with Crippen molar-refractivity contribution in [1.29, 1.82) is 0 Å². The van der Waals surface area contributed by atoms with Crippen LogP contribution in [0.1, 0.15) is 43.1 Å². The zero-order valence-corrected chi connectivity index (χ0v) is 16.2. The first-order valence-corrected chi connectivity index (χ1v) is 10.1. The Kier molecular flexibility index (Phi) is 4.30. The van der Waals surface area contributed by atoms with Crippen LogP contribution in [0.15, 0.2) is 24.7 Å². The number of aromatic nitrogens is 4. The first-order chi connectivity index (χ1) is 13.7. The largest absolute Gasteiger partial charge is 0.481 e. The molecule has 0 aromatic carbocycles. The molecule has 148 valence electrons. The SMILES string of the molecule is COc1ncccc1CN1CC[C@@]2(CCn3ncnc3[C@@H]2NC(=O)C2CC2)C1. The Hall–Kier alpha value is -2.48. The average Bonchev–Trinajstić information content (AvgIpc) is 3.33. The Morgan fingerprint density at radius 2 is 2.18 bits per heavy atom. The van der Waals surface area contributed by atoms with Gasteiger partial charge in [0.2, 0.25) is 11.8 Å². The van der Waals surface area contributed by atoms with Gasteiger partial charge in [-0.2, -0.15) is 5.10 Å². The molecule has 1 saturated heterocycles. The van der Waals surface area contributed by atoms with E-state index in [2.05, 4.69) is 31.3 Å². The normalized spacial score (nSPS) is 27.0. The molecule has 1 saturated carbocycles. The van der Waals surface area contributed by atoms with Crippen molar-refractivity contribution in [3.63, 3.8) is 0 Å². The lowest BCUT2D eigenvalue weighted by atomic mass is 9.74. The van der Waals surface area contributed by atoms with Gasteiger partial charge < -0.3 is 10.1 Å². The standard InChI is InChI=1S/C20H26N6O2/c1-28-19-15(3-2-8-21-19)11-25-9-6-20(12-25)7-10-26-17(22-13-23-26)16(20)24-18(27)14-4-5-14/h2-3,8,13-14,16H,4-7,9-12H2,1H3,(H,24,27)/t16-,20+/m0/s1. The fourth-order valence-electron chi connectivity index (χ4n) is 4.77. The van der Waals surface area contributed by atoms with Crippen LogP contribution in [0.4, 0.5) is 0 Å². The van der Waals surface area contributed by atoms with Crippen molar-refractivity contribution in [3.8, 4) is 5.88 Å². The van der Waals surface area contributed by atoms with Crippen molar-refractivity contribution >= 4 is 5.91 Å². The van der Waals surface area contributed by atoms with Gasteiger partial charge in [0.05, 0.1) is 13.2 Å². The molecular weight excluding hydrogens is 356 g/mol. The number of methoxy groups -OCH3 is 1. The van der Waals surface area contributed by atoms with Crippen LogP contribution in [0, 0.1) is 11.3 Å². The Labute approximate surface area is 164 Å². The third-order valence-corrected chi connectivity index (χ3v) is 6.47. The van der Waals surface area contributed by atoms with Crippen LogP contribution in [0.2, 0.25) is 0 Å². The molecule has 0 radical (unpaired) electrons. The number of carbonyl (C=O) groups is 1. The molecule has 8 nitrogen and oxygen atoms in total. The van der Waals surface area contributed by atoms with E-state index in [9.17, 15) is 4.79 Å². The zero-order valence-electron chi connectivity index (χ0n) is 16.2. The number of carbonyl (C=O) groups excluding carboxylic acids is 1. The first-order valence-electron chi connectivity index (χ1n) is 10.1. The monoisotopic (exact) mass is 382 g/mol. The van der Waals surface area contributed by atoms with Crippen LogP contribution < -0.4 is 10.1 Å². The number of pyridine rings is 1. The molecule has 3 aliphatic rings. The van der Waals surface area contributed by atoms with Crippen LogP contribution in [-0.4, -0.2) is 50.8 Å². The molecule has 4 heterocycles. The van der Waals surface area contributed by atoms with Crippen LogP contribution in [0.25, 0.3) is 0 Å². The second kappa shape index (κ2) is 6.84. The van der Waals surface area contributed by atoms with E-state index in [0.717, 1.165) is 63.3 Å². The van der Waals surface area contributed by atoms with Gasteiger partial charge in [-0.25, -0.2) is 14.6 Å². The Bertz CT molecular complexity index is 879. The molecule has 0 unspecified atom stereocenters. The minimum Gasteiger partial charge on any atom is -0.481 e. The van der Waals surface area contributed by atoms with Crippen molar-refractivity contribution in [2.45, 2.75) is 44.8 Å². The molecular formula is C20H26N6O2. The summed E-state index contributed by atoms with van der Waals surface area (Å²) in [6.45, 7) is 3.57. The van der Waals surface area contributed by atoms with Gasteiger partial charge in [0.15, 0.2) is 0 Å². The van der Waals surface area contributed by atoms with Crippen molar-refractivity contribution < 1.29 is 9.53 Å². The number of aryl methyl sites for hydroxylation is 1. The highest BCUT2D eigenvalue weighted by molar-refractivity contribution is 5.81. The number of amides is 1.